The number of aliphatic hydroxyl groups is 1. The molecule has 96 valence electrons. The normalized spacial score (nSPS) is 15.5. The van der Waals surface area contributed by atoms with Crippen molar-refractivity contribution in [3.63, 3.8) is 0 Å². The van der Waals surface area contributed by atoms with Gasteiger partial charge in [0.15, 0.2) is 0 Å². The predicted molar refractivity (Wildman–Crippen MR) is 67.0 cm³/mol. The molecule has 0 amide bonds. The lowest BCUT2D eigenvalue weighted by Crippen LogP contribution is -2.44. The molecule has 0 radical (unpaired) electrons. The number of hydrogen-bond acceptors (Lipinski definition) is 4. The number of nitrogens with one attached hydrogen (secondary N) is 1. The molecule has 0 saturated heterocycles. The number of rotatable bonds is 6. The molecule has 0 aliphatic carbocycles. The largest absolute Gasteiger partial charge is 0.390 e. The zero-order chi connectivity index (χ0) is 12.9. The van der Waals surface area contributed by atoms with Crippen LogP contribution in [0.15, 0.2) is 30.3 Å². The summed E-state index contributed by atoms with van der Waals surface area (Å²) in [5, 5.41) is 9.69. The van der Waals surface area contributed by atoms with Gasteiger partial charge in [0, 0.05) is 12.6 Å². The Morgan fingerprint density at radius 1 is 1.35 bits per heavy atom. The Morgan fingerprint density at radius 3 is 2.47 bits per heavy atom. The summed E-state index contributed by atoms with van der Waals surface area (Å²) in [6.07, 6.45) is 0.653. The van der Waals surface area contributed by atoms with Crippen LogP contribution in [-0.4, -0.2) is 38.5 Å². The fourth-order valence-corrected chi connectivity index (χ4v) is 1.88. The summed E-state index contributed by atoms with van der Waals surface area (Å²) in [5.41, 5.74) is 6.81. The maximum Gasteiger partial charge on any atom is 0.208 e. The van der Waals surface area contributed by atoms with Crippen molar-refractivity contribution < 1.29 is 13.5 Å². The van der Waals surface area contributed by atoms with E-state index in [2.05, 4.69) is 4.72 Å². The minimum atomic E-state index is -3.29. The van der Waals surface area contributed by atoms with Gasteiger partial charge in [-0.05, 0) is 12.0 Å². The van der Waals surface area contributed by atoms with Gasteiger partial charge in [0.2, 0.25) is 10.0 Å². The lowest BCUT2D eigenvalue weighted by molar-refractivity contribution is 0.148. The van der Waals surface area contributed by atoms with Gasteiger partial charge in [-0.2, -0.15) is 0 Å². The molecule has 0 heterocycles. The van der Waals surface area contributed by atoms with Crippen molar-refractivity contribution in [1.82, 2.24) is 4.72 Å². The first kappa shape index (κ1) is 14.1. The molecule has 0 aliphatic rings. The van der Waals surface area contributed by atoms with E-state index in [9.17, 15) is 13.5 Å². The molecule has 6 heteroatoms. The Labute approximate surface area is 102 Å². The third kappa shape index (κ3) is 5.78. The van der Waals surface area contributed by atoms with Crippen LogP contribution >= 0.6 is 0 Å². The van der Waals surface area contributed by atoms with Crippen LogP contribution in [0.4, 0.5) is 0 Å². The van der Waals surface area contributed by atoms with Crippen LogP contribution in [0, 0.1) is 0 Å². The second-order valence-corrected chi connectivity index (χ2v) is 5.87. The lowest BCUT2D eigenvalue weighted by Gasteiger charge is -2.18. The van der Waals surface area contributed by atoms with Crippen molar-refractivity contribution in [3.8, 4) is 0 Å². The minimum Gasteiger partial charge on any atom is -0.390 e. The summed E-state index contributed by atoms with van der Waals surface area (Å²) in [5.74, 6) is 0. The highest BCUT2D eigenvalue weighted by Gasteiger charge is 2.16. The number of nitrogens with two attached hydrogens (primary N) is 1. The summed E-state index contributed by atoms with van der Waals surface area (Å²) < 4.78 is 23.9. The summed E-state index contributed by atoms with van der Waals surface area (Å²) >= 11 is 0. The average molecular weight is 258 g/mol. The standard InChI is InChI=1S/C11H18N2O3S/c1-17(15,16)13-8-11(14)10(12)7-9-5-3-2-4-6-9/h2-6,10-11,13-14H,7-8,12H2,1H3/t10-,11+/m1/s1. The van der Waals surface area contributed by atoms with Gasteiger partial charge in [-0.3, -0.25) is 0 Å². The molecule has 1 aromatic carbocycles. The molecule has 1 rings (SSSR count). The summed E-state index contributed by atoms with van der Waals surface area (Å²) in [7, 11) is -3.29. The number of benzene rings is 1. The van der Waals surface area contributed by atoms with Crippen molar-refractivity contribution in [2.75, 3.05) is 12.8 Å². The highest BCUT2D eigenvalue weighted by Crippen LogP contribution is 2.04. The maximum atomic E-state index is 10.9. The fraction of sp³-hybridized carbons (Fsp3) is 0.455. The zero-order valence-electron chi connectivity index (χ0n) is 9.70. The fourth-order valence-electron chi connectivity index (χ4n) is 1.41. The Kier molecular flexibility index (Phi) is 5.07. The molecule has 0 bridgehead atoms. The first-order valence-corrected chi connectivity index (χ1v) is 7.20. The summed E-state index contributed by atoms with van der Waals surface area (Å²) in [4.78, 5) is 0. The van der Waals surface area contributed by atoms with Crippen LogP contribution in [0.1, 0.15) is 5.56 Å². The number of hydrogen-bond donors (Lipinski definition) is 3. The van der Waals surface area contributed by atoms with Gasteiger partial charge in [0.25, 0.3) is 0 Å². The van der Waals surface area contributed by atoms with Gasteiger partial charge >= 0.3 is 0 Å². The van der Waals surface area contributed by atoms with E-state index in [-0.39, 0.29) is 6.54 Å². The van der Waals surface area contributed by atoms with Gasteiger partial charge in [-0.25, -0.2) is 13.1 Å². The van der Waals surface area contributed by atoms with Crippen molar-refractivity contribution >= 4 is 10.0 Å². The monoisotopic (exact) mass is 258 g/mol. The second-order valence-electron chi connectivity index (χ2n) is 4.04. The predicted octanol–water partition coefficient (Wildman–Crippen LogP) is -0.533. The van der Waals surface area contributed by atoms with Crippen LogP contribution < -0.4 is 10.5 Å². The molecule has 5 nitrogen and oxygen atoms in total. The topological polar surface area (TPSA) is 92.4 Å². The summed E-state index contributed by atoms with van der Waals surface area (Å²) in [6.45, 7) is -0.0627. The third-order valence-electron chi connectivity index (χ3n) is 2.36. The highest BCUT2D eigenvalue weighted by atomic mass is 32.2. The molecule has 2 atom stereocenters. The van der Waals surface area contributed by atoms with Crippen LogP contribution in [0.25, 0.3) is 0 Å². The molecule has 0 unspecified atom stereocenters. The average Bonchev–Trinajstić information content (AvgIpc) is 2.26. The summed E-state index contributed by atoms with van der Waals surface area (Å²) in [6, 6.07) is 9.02. The van der Waals surface area contributed by atoms with Crippen molar-refractivity contribution in [3.05, 3.63) is 35.9 Å². The van der Waals surface area contributed by atoms with E-state index < -0.39 is 22.2 Å². The van der Waals surface area contributed by atoms with E-state index in [1.807, 2.05) is 30.3 Å². The molecular weight excluding hydrogens is 240 g/mol. The van der Waals surface area contributed by atoms with Crippen LogP contribution in [0.2, 0.25) is 0 Å². The van der Waals surface area contributed by atoms with E-state index in [1.165, 1.54) is 0 Å². The van der Waals surface area contributed by atoms with Gasteiger partial charge in [-0.15, -0.1) is 0 Å². The molecular formula is C11H18N2O3S. The van der Waals surface area contributed by atoms with Gasteiger partial charge in [0.1, 0.15) is 0 Å². The first-order valence-electron chi connectivity index (χ1n) is 5.30. The van der Waals surface area contributed by atoms with Crippen molar-refractivity contribution in [1.29, 1.82) is 0 Å². The van der Waals surface area contributed by atoms with Gasteiger partial charge < -0.3 is 10.8 Å². The maximum absolute atomic E-state index is 10.9. The Morgan fingerprint density at radius 2 is 1.94 bits per heavy atom. The quantitative estimate of drug-likeness (QED) is 0.639. The smallest absolute Gasteiger partial charge is 0.208 e. The van der Waals surface area contributed by atoms with Gasteiger partial charge in [-0.1, -0.05) is 30.3 Å². The number of sulfonamides is 1. The zero-order valence-corrected chi connectivity index (χ0v) is 10.5. The van der Waals surface area contributed by atoms with E-state index in [0.717, 1.165) is 11.8 Å². The minimum absolute atomic E-state index is 0.0627. The number of aliphatic hydroxyl groups excluding tert-OH is 1. The van der Waals surface area contributed by atoms with E-state index in [1.54, 1.807) is 0 Å². The van der Waals surface area contributed by atoms with Crippen LogP contribution in [0.5, 0.6) is 0 Å². The second kappa shape index (κ2) is 6.11. The molecule has 1 aromatic rings. The molecule has 0 spiro atoms. The molecule has 0 fully saturated rings. The first-order chi connectivity index (χ1) is 7.88. The highest BCUT2D eigenvalue weighted by molar-refractivity contribution is 7.88. The third-order valence-corrected chi connectivity index (χ3v) is 3.05. The molecule has 4 N–H and O–H groups in total. The Balaban J connectivity index is 2.45. The van der Waals surface area contributed by atoms with Crippen LogP contribution in [0.3, 0.4) is 0 Å². The van der Waals surface area contributed by atoms with Crippen LogP contribution in [-0.2, 0) is 16.4 Å². The van der Waals surface area contributed by atoms with Gasteiger partial charge in [0.05, 0.1) is 12.4 Å². The SMILES string of the molecule is CS(=O)(=O)NC[C@H](O)[C@H](N)Cc1ccccc1. The van der Waals surface area contributed by atoms with Crippen molar-refractivity contribution in [2.24, 2.45) is 5.73 Å². The molecule has 0 aromatic heterocycles. The lowest BCUT2D eigenvalue weighted by atomic mass is 10.0. The Bertz CT molecular complexity index is 433. The van der Waals surface area contributed by atoms with E-state index in [0.29, 0.717) is 6.42 Å². The molecule has 0 aliphatic heterocycles. The molecule has 0 saturated carbocycles. The van der Waals surface area contributed by atoms with Crippen molar-refractivity contribution in [2.45, 2.75) is 18.6 Å². The van der Waals surface area contributed by atoms with E-state index >= 15 is 0 Å². The van der Waals surface area contributed by atoms with E-state index in [4.69, 9.17) is 5.73 Å². The molecule has 17 heavy (non-hydrogen) atoms. The Hall–Kier alpha value is -0.950.